The van der Waals surface area contributed by atoms with E-state index in [1.165, 1.54) is 12.1 Å². The molecule has 2 aromatic rings. The summed E-state index contributed by atoms with van der Waals surface area (Å²) in [5, 5.41) is 11.5. The molecule has 5 nitrogen and oxygen atoms in total. The molecule has 2 aromatic carbocycles. The van der Waals surface area contributed by atoms with Gasteiger partial charge in [-0.15, -0.1) is 0 Å². The van der Waals surface area contributed by atoms with Crippen LogP contribution in [0.2, 0.25) is 0 Å². The van der Waals surface area contributed by atoms with Crippen molar-refractivity contribution in [1.82, 2.24) is 5.32 Å². The van der Waals surface area contributed by atoms with Gasteiger partial charge in [-0.05, 0) is 23.3 Å². The monoisotopic (exact) mass is 331 g/mol. The van der Waals surface area contributed by atoms with Gasteiger partial charge in [-0.3, -0.25) is 9.00 Å². The summed E-state index contributed by atoms with van der Waals surface area (Å²) in [6, 6.07) is 15.6. The lowest BCUT2D eigenvalue weighted by Gasteiger charge is -2.06. The molecule has 0 aliphatic heterocycles. The molecule has 1 unspecified atom stereocenters. The standard InChI is InChI=1S/C17H17NO4S/c19-16(18-10-13-4-2-1-3-5-13)12-23(22)11-14-6-8-15(9-7-14)17(20)21/h1-9H,10-12H2,(H,18,19)(H,20,21). The predicted octanol–water partition coefficient (Wildman–Crippen LogP) is 1.95. The van der Waals surface area contributed by atoms with E-state index in [2.05, 4.69) is 5.32 Å². The first-order valence-electron chi connectivity index (χ1n) is 7.02. The van der Waals surface area contributed by atoms with Gasteiger partial charge >= 0.3 is 5.97 Å². The SMILES string of the molecule is O=C(CS(=O)Cc1ccc(C(=O)O)cc1)NCc1ccccc1. The fraction of sp³-hybridized carbons (Fsp3) is 0.176. The zero-order valence-corrected chi connectivity index (χ0v) is 13.2. The van der Waals surface area contributed by atoms with Crippen LogP contribution in [-0.4, -0.2) is 26.9 Å². The number of carboxylic acids is 1. The van der Waals surface area contributed by atoms with Crippen LogP contribution in [0.25, 0.3) is 0 Å². The minimum Gasteiger partial charge on any atom is -0.478 e. The Kier molecular flexibility index (Phi) is 6.05. The zero-order valence-electron chi connectivity index (χ0n) is 12.4. The Hall–Kier alpha value is -2.47. The zero-order chi connectivity index (χ0) is 16.7. The van der Waals surface area contributed by atoms with Gasteiger partial charge in [-0.2, -0.15) is 0 Å². The summed E-state index contributed by atoms with van der Waals surface area (Å²) in [5.41, 5.74) is 1.90. The number of nitrogens with one attached hydrogen (secondary N) is 1. The Morgan fingerprint density at radius 1 is 0.957 bits per heavy atom. The summed E-state index contributed by atoms with van der Waals surface area (Å²) in [6.07, 6.45) is 0. The first-order valence-corrected chi connectivity index (χ1v) is 8.51. The summed E-state index contributed by atoms with van der Waals surface area (Å²) in [5.74, 6) is -1.13. The third-order valence-electron chi connectivity index (χ3n) is 3.15. The molecule has 0 radical (unpaired) electrons. The molecule has 0 bridgehead atoms. The van der Waals surface area contributed by atoms with Crippen molar-refractivity contribution in [3.8, 4) is 0 Å². The Morgan fingerprint density at radius 3 is 2.22 bits per heavy atom. The van der Waals surface area contributed by atoms with Gasteiger partial charge in [0.15, 0.2) is 0 Å². The molecule has 0 saturated heterocycles. The molecule has 2 rings (SSSR count). The molecule has 1 atom stereocenters. The van der Waals surface area contributed by atoms with Crippen LogP contribution in [0, 0.1) is 0 Å². The summed E-state index contributed by atoms with van der Waals surface area (Å²) >= 11 is 0. The van der Waals surface area contributed by atoms with Gasteiger partial charge < -0.3 is 10.4 Å². The normalized spacial score (nSPS) is 11.7. The largest absolute Gasteiger partial charge is 0.478 e. The van der Waals surface area contributed by atoms with Crippen LogP contribution < -0.4 is 5.32 Å². The van der Waals surface area contributed by atoms with Gasteiger partial charge in [0.2, 0.25) is 5.91 Å². The van der Waals surface area contributed by atoms with Crippen molar-refractivity contribution in [2.75, 3.05) is 5.75 Å². The number of hydrogen-bond acceptors (Lipinski definition) is 3. The maximum absolute atomic E-state index is 12.0. The molecule has 0 aliphatic carbocycles. The van der Waals surface area contributed by atoms with E-state index in [-0.39, 0.29) is 23.0 Å². The minimum atomic E-state index is -1.34. The summed E-state index contributed by atoms with van der Waals surface area (Å²) in [4.78, 5) is 22.5. The topological polar surface area (TPSA) is 83.5 Å². The number of rotatable bonds is 7. The highest BCUT2D eigenvalue weighted by molar-refractivity contribution is 7.84. The van der Waals surface area contributed by atoms with Crippen molar-refractivity contribution in [3.63, 3.8) is 0 Å². The third-order valence-corrected chi connectivity index (χ3v) is 4.39. The van der Waals surface area contributed by atoms with Crippen LogP contribution in [0.4, 0.5) is 0 Å². The second kappa shape index (κ2) is 8.24. The molecule has 120 valence electrons. The van der Waals surface area contributed by atoms with Gasteiger partial charge in [0.1, 0.15) is 5.75 Å². The number of carboxylic acid groups (broad SMARTS) is 1. The van der Waals surface area contributed by atoms with Gasteiger partial charge in [0.25, 0.3) is 0 Å². The second-order valence-corrected chi connectivity index (χ2v) is 6.45. The third kappa shape index (κ3) is 5.67. The Labute approximate surface area is 136 Å². The van der Waals surface area contributed by atoms with Gasteiger partial charge in [0, 0.05) is 23.1 Å². The smallest absolute Gasteiger partial charge is 0.335 e. The predicted molar refractivity (Wildman–Crippen MR) is 88.4 cm³/mol. The molecule has 0 aromatic heterocycles. The van der Waals surface area contributed by atoms with Crippen molar-refractivity contribution in [1.29, 1.82) is 0 Å². The quantitative estimate of drug-likeness (QED) is 0.812. The van der Waals surface area contributed by atoms with Crippen molar-refractivity contribution >= 4 is 22.7 Å². The van der Waals surface area contributed by atoms with Gasteiger partial charge in [-0.25, -0.2) is 4.79 Å². The highest BCUT2D eigenvalue weighted by Gasteiger charge is 2.09. The molecule has 0 heterocycles. The van der Waals surface area contributed by atoms with Crippen molar-refractivity contribution < 1.29 is 18.9 Å². The molecule has 0 aliphatic rings. The Bertz CT molecular complexity index is 698. The number of aromatic carboxylic acids is 1. The van der Waals surface area contributed by atoms with E-state index in [0.717, 1.165) is 11.1 Å². The van der Waals surface area contributed by atoms with E-state index in [4.69, 9.17) is 5.11 Å². The average Bonchev–Trinajstić information content (AvgIpc) is 2.54. The summed E-state index contributed by atoms with van der Waals surface area (Å²) < 4.78 is 12.0. The van der Waals surface area contributed by atoms with Crippen LogP contribution in [0.3, 0.4) is 0 Å². The maximum Gasteiger partial charge on any atom is 0.335 e. The maximum atomic E-state index is 12.0. The summed E-state index contributed by atoms with van der Waals surface area (Å²) in [6.45, 7) is 0.407. The fourth-order valence-corrected chi connectivity index (χ4v) is 3.04. The van der Waals surface area contributed by atoms with Crippen LogP contribution in [0.5, 0.6) is 0 Å². The Balaban J connectivity index is 1.79. The van der Waals surface area contributed by atoms with Crippen LogP contribution in [-0.2, 0) is 27.9 Å². The number of hydrogen-bond donors (Lipinski definition) is 2. The molecule has 0 spiro atoms. The summed E-state index contributed by atoms with van der Waals surface area (Å²) in [7, 11) is -1.34. The van der Waals surface area contributed by atoms with Crippen LogP contribution in [0.15, 0.2) is 54.6 Å². The Morgan fingerprint density at radius 2 is 1.61 bits per heavy atom. The van der Waals surface area contributed by atoms with Crippen molar-refractivity contribution in [3.05, 3.63) is 71.3 Å². The number of benzene rings is 2. The van der Waals surface area contributed by atoms with E-state index in [1.807, 2.05) is 30.3 Å². The first-order chi connectivity index (χ1) is 11.0. The molecule has 6 heteroatoms. The van der Waals surface area contributed by atoms with E-state index >= 15 is 0 Å². The van der Waals surface area contributed by atoms with E-state index < -0.39 is 16.8 Å². The molecule has 23 heavy (non-hydrogen) atoms. The molecule has 0 saturated carbocycles. The van der Waals surface area contributed by atoms with Crippen LogP contribution >= 0.6 is 0 Å². The lowest BCUT2D eigenvalue weighted by atomic mass is 10.1. The van der Waals surface area contributed by atoms with Crippen molar-refractivity contribution in [2.24, 2.45) is 0 Å². The van der Waals surface area contributed by atoms with Gasteiger partial charge in [0.05, 0.1) is 5.56 Å². The molecule has 0 fully saturated rings. The minimum absolute atomic E-state index is 0.0759. The van der Waals surface area contributed by atoms with Gasteiger partial charge in [-0.1, -0.05) is 42.5 Å². The number of amides is 1. The molecular weight excluding hydrogens is 314 g/mol. The fourth-order valence-electron chi connectivity index (χ4n) is 1.97. The van der Waals surface area contributed by atoms with Crippen molar-refractivity contribution in [2.45, 2.75) is 12.3 Å². The second-order valence-electron chi connectivity index (χ2n) is 4.99. The highest BCUT2D eigenvalue weighted by Crippen LogP contribution is 2.07. The lowest BCUT2D eigenvalue weighted by molar-refractivity contribution is -0.118. The lowest BCUT2D eigenvalue weighted by Crippen LogP contribution is -2.28. The number of carbonyl (C=O) groups is 2. The average molecular weight is 331 g/mol. The highest BCUT2D eigenvalue weighted by atomic mass is 32.2. The molecule has 1 amide bonds. The van der Waals surface area contributed by atoms with E-state index in [0.29, 0.717) is 6.54 Å². The first kappa shape index (κ1) is 16.9. The van der Waals surface area contributed by atoms with Crippen LogP contribution in [0.1, 0.15) is 21.5 Å². The molecule has 2 N–H and O–H groups in total. The van der Waals surface area contributed by atoms with E-state index in [9.17, 15) is 13.8 Å². The molecular formula is C17H17NO4S. The van der Waals surface area contributed by atoms with E-state index in [1.54, 1.807) is 12.1 Å². The number of carbonyl (C=O) groups excluding carboxylic acids is 1.